The zero-order chi connectivity index (χ0) is 17.1. The molecule has 3 rings (SSSR count). The summed E-state index contributed by atoms with van der Waals surface area (Å²) in [5, 5.41) is 7.11. The Bertz CT molecular complexity index is 549. The quantitative estimate of drug-likeness (QED) is 0.890. The highest BCUT2D eigenvalue weighted by Gasteiger charge is 2.32. The Hall–Kier alpha value is -1.40. The molecule has 1 N–H and O–H groups in total. The Balaban J connectivity index is 1.53. The van der Waals surface area contributed by atoms with Crippen molar-refractivity contribution in [2.24, 2.45) is 5.92 Å². The molecule has 0 aliphatic carbocycles. The fraction of sp³-hybridized carbons (Fsp3) is 0.778. The van der Waals surface area contributed by atoms with Gasteiger partial charge < -0.3 is 14.6 Å². The maximum absolute atomic E-state index is 12.5. The Labute approximate surface area is 143 Å². The molecule has 1 amide bonds. The number of nitrogens with zero attached hydrogens (tertiary/aromatic N) is 2. The third-order valence-corrected chi connectivity index (χ3v) is 5.39. The molecule has 1 aromatic rings. The van der Waals surface area contributed by atoms with Crippen LogP contribution >= 0.6 is 0 Å². The van der Waals surface area contributed by atoms with Crippen molar-refractivity contribution in [1.29, 1.82) is 0 Å². The van der Waals surface area contributed by atoms with Crippen molar-refractivity contribution >= 4 is 5.91 Å². The van der Waals surface area contributed by atoms with E-state index in [0.717, 1.165) is 17.9 Å². The van der Waals surface area contributed by atoms with Crippen LogP contribution in [0, 0.1) is 12.8 Å². The van der Waals surface area contributed by atoms with Crippen molar-refractivity contribution in [2.45, 2.75) is 64.6 Å². The minimum Gasteiger partial charge on any atom is -0.379 e. The summed E-state index contributed by atoms with van der Waals surface area (Å²) in [6.07, 6.45) is 4.37. The highest BCUT2D eigenvalue weighted by atomic mass is 16.5. The van der Waals surface area contributed by atoms with Crippen LogP contribution in [0.4, 0.5) is 0 Å². The number of likely N-dealkylation sites (tertiary alicyclic amines) is 1. The molecule has 2 fully saturated rings. The van der Waals surface area contributed by atoms with Gasteiger partial charge in [0.05, 0.1) is 31.5 Å². The molecule has 2 aliphatic rings. The van der Waals surface area contributed by atoms with Crippen LogP contribution in [0.5, 0.6) is 0 Å². The monoisotopic (exact) mass is 335 g/mol. The van der Waals surface area contributed by atoms with Gasteiger partial charge in [0.1, 0.15) is 5.76 Å². The first-order chi connectivity index (χ1) is 11.5. The molecular formula is C18H29N3O3. The second-order valence-corrected chi connectivity index (χ2v) is 7.41. The Morgan fingerprint density at radius 3 is 2.75 bits per heavy atom. The van der Waals surface area contributed by atoms with Gasteiger partial charge in [-0.2, -0.15) is 0 Å². The number of rotatable bonds is 5. The Kier molecular flexibility index (Phi) is 5.56. The molecule has 0 saturated carbocycles. The number of aromatic nitrogens is 1. The summed E-state index contributed by atoms with van der Waals surface area (Å²) >= 11 is 0. The maximum atomic E-state index is 12.5. The summed E-state index contributed by atoms with van der Waals surface area (Å²) in [5.74, 6) is 1.21. The van der Waals surface area contributed by atoms with Gasteiger partial charge in [-0.05, 0) is 33.6 Å². The lowest BCUT2D eigenvalue weighted by atomic mass is 9.97. The summed E-state index contributed by atoms with van der Waals surface area (Å²) in [6.45, 7) is 8.06. The lowest BCUT2D eigenvalue weighted by Gasteiger charge is -2.38. The Morgan fingerprint density at radius 1 is 1.33 bits per heavy atom. The molecule has 4 atom stereocenters. The van der Waals surface area contributed by atoms with Crippen LogP contribution in [0.2, 0.25) is 0 Å². The first kappa shape index (κ1) is 17.4. The van der Waals surface area contributed by atoms with Gasteiger partial charge in [0.25, 0.3) is 0 Å². The van der Waals surface area contributed by atoms with E-state index in [4.69, 9.17) is 9.26 Å². The summed E-state index contributed by atoms with van der Waals surface area (Å²) < 4.78 is 10.9. The molecule has 6 nitrogen and oxygen atoms in total. The first-order valence-corrected chi connectivity index (χ1v) is 9.08. The van der Waals surface area contributed by atoms with Crippen LogP contribution in [0.1, 0.15) is 44.6 Å². The number of amides is 1. The van der Waals surface area contributed by atoms with E-state index in [1.165, 1.54) is 19.3 Å². The number of nitrogens with one attached hydrogen (secondary N) is 1. The van der Waals surface area contributed by atoms with Crippen molar-refractivity contribution in [3.63, 3.8) is 0 Å². The van der Waals surface area contributed by atoms with Crippen LogP contribution < -0.4 is 5.32 Å². The molecule has 3 heterocycles. The van der Waals surface area contributed by atoms with Crippen LogP contribution in [-0.2, 0) is 16.0 Å². The van der Waals surface area contributed by atoms with Crippen LogP contribution in [-0.4, -0.2) is 53.8 Å². The second-order valence-electron chi connectivity index (χ2n) is 7.41. The van der Waals surface area contributed by atoms with Crippen LogP contribution in [0.25, 0.3) is 0 Å². The Morgan fingerprint density at radius 2 is 2.08 bits per heavy atom. The highest BCUT2D eigenvalue weighted by molar-refractivity contribution is 5.78. The van der Waals surface area contributed by atoms with Crippen LogP contribution in [0.15, 0.2) is 10.6 Å². The summed E-state index contributed by atoms with van der Waals surface area (Å²) in [4.78, 5) is 14.8. The molecule has 0 spiro atoms. The normalized spacial score (nSPS) is 31.3. The lowest BCUT2D eigenvalue weighted by Crippen LogP contribution is -2.51. The molecule has 0 unspecified atom stereocenters. The molecule has 0 bridgehead atoms. The average molecular weight is 335 g/mol. The van der Waals surface area contributed by atoms with E-state index in [0.29, 0.717) is 31.8 Å². The molecule has 0 aromatic carbocycles. The van der Waals surface area contributed by atoms with Crippen molar-refractivity contribution in [2.75, 3.05) is 19.8 Å². The smallest absolute Gasteiger partial charge is 0.234 e. The topological polar surface area (TPSA) is 67.6 Å². The molecular weight excluding hydrogens is 306 g/mol. The van der Waals surface area contributed by atoms with Gasteiger partial charge in [-0.15, -0.1) is 0 Å². The molecule has 134 valence electrons. The maximum Gasteiger partial charge on any atom is 0.234 e. The summed E-state index contributed by atoms with van der Waals surface area (Å²) in [5.41, 5.74) is 0.887. The number of ether oxygens (including phenoxy) is 1. The summed E-state index contributed by atoms with van der Waals surface area (Å²) in [7, 11) is 0. The number of hydrogen-bond acceptors (Lipinski definition) is 5. The molecule has 0 radical (unpaired) electrons. The average Bonchev–Trinajstić information content (AvgIpc) is 3.13. The minimum atomic E-state index is 0.0540. The van der Waals surface area contributed by atoms with E-state index in [1.54, 1.807) is 0 Å². The van der Waals surface area contributed by atoms with Crippen molar-refractivity contribution in [1.82, 2.24) is 15.4 Å². The number of carbonyl (C=O) groups excluding carboxylic acids is 1. The van der Waals surface area contributed by atoms with Gasteiger partial charge in [-0.3, -0.25) is 9.69 Å². The fourth-order valence-electron chi connectivity index (χ4n) is 3.93. The second kappa shape index (κ2) is 7.66. The third kappa shape index (κ3) is 4.16. The fourth-order valence-corrected chi connectivity index (χ4v) is 3.93. The number of aryl methyl sites for hydroxylation is 1. The number of piperidine rings is 1. The minimum absolute atomic E-state index is 0.0540. The molecule has 6 heteroatoms. The van der Waals surface area contributed by atoms with E-state index in [1.807, 2.05) is 13.0 Å². The van der Waals surface area contributed by atoms with E-state index in [-0.39, 0.29) is 17.9 Å². The first-order valence-electron chi connectivity index (χ1n) is 9.08. The van der Waals surface area contributed by atoms with E-state index >= 15 is 0 Å². The van der Waals surface area contributed by atoms with Crippen molar-refractivity contribution < 1.29 is 14.1 Å². The highest BCUT2D eigenvalue weighted by Crippen LogP contribution is 2.23. The third-order valence-electron chi connectivity index (χ3n) is 5.39. The van der Waals surface area contributed by atoms with Crippen LogP contribution in [0.3, 0.4) is 0 Å². The molecule has 24 heavy (non-hydrogen) atoms. The zero-order valence-corrected chi connectivity index (χ0v) is 15.0. The number of carbonyl (C=O) groups is 1. The predicted octanol–water partition coefficient (Wildman–Crippen LogP) is 1.92. The van der Waals surface area contributed by atoms with E-state index < -0.39 is 0 Å². The van der Waals surface area contributed by atoms with Crippen molar-refractivity contribution in [3.05, 3.63) is 17.5 Å². The van der Waals surface area contributed by atoms with Gasteiger partial charge in [-0.1, -0.05) is 11.6 Å². The standard InChI is InChI=1S/C18H29N3O3/c1-12-7-16(24-20-12)8-15-10-23-11-17(15)19-18(22)9-21-13(2)5-4-6-14(21)3/h7,13-15,17H,4-6,8-11H2,1-3H3,(H,19,22)/t13-,14+,15-,17+/m1/s1. The number of hydrogen-bond donors (Lipinski definition) is 1. The van der Waals surface area contributed by atoms with Crippen molar-refractivity contribution in [3.8, 4) is 0 Å². The zero-order valence-electron chi connectivity index (χ0n) is 15.0. The van der Waals surface area contributed by atoms with Gasteiger partial charge in [0.15, 0.2) is 0 Å². The van der Waals surface area contributed by atoms with Gasteiger partial charge >= 0.3 is 0 Å². The van der Waals surface area contributed by atoms with Gasteiger partial charge in [0, 0.05) is 30.5 Å². The molecule has 2 saturated heterocycles. The van der Waals surface area contributed by atoms with E-state index in [2.05, 4.69) is 29.2 Å². The van der Waals surface area contributed by atoms with E-state index in [9.17, 15) is 4.79 Å². The molecule has 1 aromatic heterocycles. The largest absolute Gasteiger partial charge is 0.379 e. The lowest BCUT2D eigenvalue weighted by molar-refractivity contribution is -0.124. The molecule has 2 aliphatic heterocycles. The van der Waals surface area contributed by atoms with Gasteiger partial charge in [0.2, 0.25) is 5.91 Å². The SMILES string of the molecule is Cc1cc(C[C@@H]2COC[C@@H]2NC(=O)CN2[C@H](C)CCC[C@@H]2C)on1. The van der Waals surface area contributed by atoms with Gasteiger partial charge in [-0.25, -0.2) is 0 Å². The predicted molar refractivity (Wildman–Crippen MR) is 90.7 cm³/mol. The summed E-state index contributed by atoms with van der Waals surface area (Å²) in [6, 6.07) is 2.96.